The highest BCUT2D eigenvalue weighted by Gasteiger charge is 2.14. The van der Waals surface area contributed by atoms with Crippen molar-refractivity contribution in [3.05, 3.63) is 59.7 Å². The Morgan fingerprint density at radius 3 is 2.73 bits per heavy atom. The van der Waals surface area contributed by atoms with E-state index >= 15 is 0 Å². The third kappa shape index (κ3) is 5.19. The maximum absolute atomic E-state index is 5.61. The van der Waals surface area contributed by atoms with E-state index in [9.17, 15) is 0 Å². The summed E-state index contributed by atoms with van der Waals surface area (Å²) in [7, 11) is 0. The zero-order chi connectivity index (χ0) is 18.2. The zero-order valence-electron chi connectivity index (χ0n) is 15.3. The second kappa shape index (κ2) is 9.55. The number of nitrogens with zero attached hydrogens (tertiary/aromatic N) is 1. The van der Waals surface area contributed by atoms with Crippen molar-refractivity contribution in [2.24, 2.45) is 0 Å². The quantitative estimate of drug-likeness (QED) is 0.573. The summed E-state index contributed by atoms with van der Waals surface area (Å²) in [5.74, 6) is 0.825. The largest absolute Gasteiger partial charge is 0.492 e. The van der Waals surface area contributed by atoms with E-state index in [1.807, 2.05) is 31.2 Å². The lowest BCUT2D eigenvalue weighted by atomic mass is 10.00. The predicted molar refractivity (Wildman–Crippen MR) is 112 cm³/mol. The minimum Gasteiger partial charge on any atom is -0.492 e. The lowest BCUT2D eigenvalue weighted by Crippen LogP contribution is -2.34. The van der Waals surface area contributed by atoms with Crippen LogP contribution in [0.3, 0.4) is 0 Å². The standard InChI is InChI=1S/C21H27N3OS/c1-2-25-20-11-6-5-10-19(20)23-21(26)22-13-7-14-24-15-12-17-8-3-4-9-18(17)16-24/h3-6,8-11H,2,7,12-16H2,1H3,(H2,22,23,26). The Hall–Kier alpha value is -2.11. The van der Waals surface area contributed by atoms with Crippen LogP contribution in [0.4, 0.5) is 5.69 Å². The number of benzene rings is 2. The Balaban J connectivity index is 1.38. The molecule has 0 unspecified atom stereocenters. The summed E-state index contributed by atoms with van der Waals surface area (Å²) in [6.45, 7) is 6.76. The molecule has 0 bridgehead atoms. The van der Waals surface area contributed by atoms with E-state index in [-0.39, 0.29) is 0 Å². The molecule has 2 aromatic carbocycles. The van der Waals surface area contributed by atoms with Crippen LogP contribution in [-0.4, -0.2) is 36.3 Å². The van der Waals surface area contributed by atoms with E-state index in [0.29, 0.717) is 11.7 Å². The monoisotopic (exact) mass is 369 g/mol. The fraction of sp³-hybridized carbons (Fsp3) is 0.381. The second-order valence-corrected chi connectivity index (χ2v) is 6.87. The first kappa shape index (κ1) is 18.7. The van der Waals surface area contributed by atoms with Gasteiger partial charge in [-0.2, -0.15) is 0 Å². The van der Waals surface area contributed by atoms with Crippen LogP contribution in [0.25, 0.3) is 0 Å². The average Bonchev–Trinajstić information content (AvgIpc) is 2.67. The lowest BCUT2D eigenvalue weighted by molar-refractivity contribution is 0.251. The summed E-state index contributed by atoms with van der Waals surface area (Å²) in [6, 6.07) is 16.6. The van der Waals surface area contributed by atoms with Crippen LogP contribution in [-0.2, 0) is 13.0 Å². The molecule has 0 spiro atoms. The minimum atomic E-state index is 0.637. The van der Waals surface area contributed by atoms with Gasteiger partial charge < -0.3 is 15.4 Å². The molecule has 0 aliphatic carbocycles. The number of rotatable bonds is 7. The highest BCUT2D eigenvalue weighted by atomic mass is 32.1. The van der Waals surface area contributed by atoms with Gasteiger partial charge in [-0.1, -0.05) is 36.4 Å². The number of nitrogens with one attached hydrogen (secondary N) is 2. The van der Waals surface area contributed by atoms with Gasteiger partial charge in [0, 0.05) is 26.2 Å². The van der Waals surface area contributed by atoms with Crippen molar-refractivity contribution >= 4 is 23.0 Å². The molecule has 1 aliphatic rings. The Bertz CT molecular complexity index is 735. The lowest BCUT2D eigenvalue weighted by Gasteiger charge is -2.28. The first-order valence-corrected chi connectivity index (χ1v) is 9.73. The Kier molecular flexibility index (Phi) is 6.86. The molecule has 0 atom stereocenters. The van der Waals surface area contributed by atoms with E-state index in [0.717, 1.165) is 50.5 Å². The van der Waals surface area contributed by atoms with Gasteiger partial charge in [0.1, 0.15) is 5.75 Å². The number of hydrogen-bond donors (Lipinski definition) is 2. The van der Waals surface area contributed by atoms with E-state index in [2.05, 4.69) is 39.8 Å². The summed E-state index contributed by atoms with van der Waals surface area (Å²) in [4.78, 5) is 2.52. The molecule has 0 radical (unpaired) electrons. The molecule has 2 aromatic rings. The third-order valence-corrected chi connectivity index (χ3v) is 4.83. The molecule has 0 fully saturated rings. The number of fused-ring (bicyclic) bond motifs is 1. The fourth-order valence-electron chi connectivity index (χ4n) is 3.27. The second-order valence-electron chi connectivity index (χ2n) is 6.46. The van der Waals surface area contributed by atoms with Crippen LogP contribution < -0.4 is 15.4 Å². The van der Waals surface area contributed by atoms with Gasteiger partial charge in [-0.3, -0.25) is 4.90 Å². The Labute approximate surface area is 161 Å². The van der Waals surface area contributed by atoms with E-state index in [1.165, 1.54) is 11.1 Å². The number of hydrogen-bond acceptors (Lipinski definition) is 3. The summed E-state index contributed by atoms with van der Waals surface area (Å²) < 4.78 is 5.61. The number of thiocarbonyl (C=S) groups is 1. The van der Waals surface area contributed by atoms with Crippen molar-refractivity contribution in [2.75, 3.05) is 31.6 Å². The van der Waals surface area contributed by atoms with Crippen molar-refractivity contribution in [1.82, 2.24) is 10.2 Å². The van der Waals surface area contributed by atoms with Gasteiger partial charge in [-0.25, -0.2) is 0 Å². The van der Waals surface area contributed by atoms with Crippen molar-refractivity contribution in [3.63, 3.8) is 0 Å². The smallest absolute Gasteiger partial charge is 0.170 e. The minimum absolute atomic E-state index is 0.637. The predicted octanol–water partition coefficient (Wildman–Crippen LogP) is 3.82. The molecule has 0 saturated carbocycles. The summed E-state index contributed by atoms with van der Waals surface area (Å²) in [5.41, 5.74) is 3.87. The fourth-order valence-corrected chi connectivity index (χ4v) is 3.48. The van der Waals surface area contributed by atoms with E-state index < -0.39 is 0 Å². The maximum Gasteiger partial charge on any atom is 0.170 e. The summed E-state index contributed by atoms with van der Waals surface area (Å²) >= 11 is 5.41. The van der Waals surface area contributed by atoms with Crippen LogP contribution in [0, 0.1) is 0 Å². The number of ether oxygens (including phenoxy) is 1. The van der Waals surface area contributed by atoms with Gasteiger partial charge in [-0.05, 0) is 55.2 Å². The van der Waals surface area contributed by atoms with Gasteiger partial charge >= 0.3 is 0 Å². The van der Waals surface area contributed by atoms with Crippen molar-refractivity contribution in [2.45, 2.75) is 26.3 Å². The molecule has 0 saturated heterocycles. The molecule has 5 heteroatoms. The Morgan fingerprint density at radius 2 is 1.88 bits per heavy atom. The number of anilines is 1. The van der Waals surface area contributed by atoms with Crippen molar-refractivity contribution < 1.29 is 4.74 Å². The van der Waals surface area contributed by atoms with Crippen LogP contribution in [0.5, 0.6) is 5.75 Å². The van der Waals surface area contributed by atoms with Crippen molar-refractivity contribution in [3.8, 4) is 5.75 Å². The topological polar surface area (TPSA) is 36.5 Å². The SMILES string of the molecule is CCOc1ccccc1NC(=S)NCCCN1CCc2ccccc2C1. The van der Waals surface area contributed by atoms with Crippen LogP contribution in [0.1, 0.15) is 24.5 Å². The Morgan fingerprint density at radius 1 is 1.12 bits per heavy atom. The van der Waals surface area contributed by atoms with Gasteiger partial charge in [0.25, 0.3) is 0 Å². The van der Waals surface area contributed by atoms with Crippen LogP contribution >= 0.6 is 12.2 Å². The average molecular weight is 370 g/mol. The first-order chi connectivity index (χ1) is 12.8. The molecule has 2 N–H and O–H groups in total. The highest BCUT2D eigenvalue weighted by molar-refractivity contribution is 7.80. The zero-order valence-corrected chi connectivity index (χ0v) is 16.1. The van der Waals surface area contributed by atoms with Crippen molar-refractivity contribution in [1.29, 1.82) is 0 Å². The summed E-state index contributed by atoms with van der Waals surface area (Å²) in [5, 5.41) is 7.17. The first-order valence-electron chi connectivity index (χ1n) is 9.32. The molecule has 0 aromatic heterocycles. The molecule has 26 heavy (non-hydrogen) atoms. The van der Waals surface area contributed by atoms with Gasteiger partial charge in [0.05, 0.1) is 12.3 Å². The molecule has 1 heterocycles. The molecule has 1 aliphatic heterocycles. The number of para-hydroxylation sites is 2. The highest BCUT2D eigenvalue weighted by Crippen LogP contribution is 2.23. The molecular formula is C21H27N3OS. The third-order valence-electron chi connectivity index (χ3n) is 4.58. The molecule has 0 amide bonds. The van der Waals surface area contributed by atoms with E-state index in [4.69, 9.17) is 17.0 Å². The molecule has 4 nitrogen and oxygen atoms in total. The summed E-state index contributed by atoms with van der Waals surface area (Å²) in [6.07, 6.45) is 2.22. The van der Waals surface area contributed by atoms with Crippen LogP contribution in [0.15, 0.2) is 48.5 Å². The van der Waals surface area contributed by atoms with Gasteiger partial charge in [0.15, 0.2) is 5.11 Å². The van der Waals surface area contributed by atoms with Crippen LogP contribution in [0.2, 0.25) is 0 Å². The van der Waals surface area contributed by atoms with E-state index in [1.54, 1.807) is 0 Å². The van der Waals surface area contributed by atoms with Gasteiger partial charge in [-0.15, -0.1) is 0 Å². The maximum atomic E-state index is 5.61. The molecule has 3 rings (SSSR count). The molecular weight excluding hydrogens is 342 g/mol. The van der Waals surface area contributed by atoms with Gasteiger partial charge in [0.2, 0.25) is 0 Å². The normalized spacial score (nSPS) is 13.7. The molecule has 138 valence electrons.